The molecule has 1 aliphatic rings. The third-order valence-electron chi connectivity index (χ3n) is 4.93. The molecule has 2 heterocycles. The molecule has 0 amide bonds. The Morgan fingerprint density at radius 1 is 1.31 bits per heavy atom. The van der Waals surface area contributed by atoms with E-state index in [1.807, 2.05) is 42.3 Å². The molecule has 2 aromatic rings. The van der Waals surface area contributed by atoms with Crippen LogP contribution in [0.3, 0.4) is 0 Å². The highest BCUT2D eigenvalue weighted by molar-refractivity contribution is 5.69. The number of aromatic nitrogens is 2. The van der Waals surface area contributed by atoms with Gasteiger partial charge < -0.3 is 14.5 Å². The summed E-state index contributed by atoms with van der Waals surface area (Å²) >= 11 is 0. The van der Waals surface area contributed by atoms with Crippen molar-refractivity contribution in [2.45, 2.75) is 31.7 Å². The summed E-state index contributed by atoms with van der Waals surface area (Å²) < 4.78 is 5.35. The van der Waals surface area contributed by atoms with E-state index in [2.05, 4.69) is 15.0 Å². The molecule has 1 fully saturated rings. The summed E-state index contributed by atoms with van der Waals surface area (Å²) in [6.45, 7) is 3.13. The Hall–Kier alpha value is -2.25. The molecule has 1 aliphatic heterocycles. The molecule has 3 rings (SSSR count). The van der Waals surface area contributed by atoms with E-state index < -0.39 is 5.97 Å². The van der Waals surface area contributed by atoms with Gasteiger partial charge in [0.2, 0.25) is 11.7 Å². The maximum absolute atomic E-state index is 10.8. The first-order valence-electron chi connectivity index (χ1n) is 9.14. The molecular formula is C19H26N4O3. The minimum atomic E-state index is -0.760. The number of carboxylic acid groups (broad SMARTS) is 1. The third-order valence-corrected chi connectivity index (χ3v) is 4.93. The maximum Gasteiger partial charge on any atom is 0.317 e. The van der Waals surface area contributed by atoms with Crippen molar-refractivity contribution in [1.29, 1.82) is 0 Å². The molecule has 1 saturated heterocycles. The van der Waals surface area contributed by atoms with Crippen LogP contribution in [0.1, 0.15) is 25.2 Å². The predicted octanol–water partition coefficient (Wildman–Crippen LogP) is 2.15. The molecule has 0 aliphatic carbocycles. The van der Waals surface area contributed by atoms with E-state index in [0.29, 0.717) is 17.8 Å². The summed E-state index contributed by atoms with van der Waals surface area (Å²) in [4.78, 5) is 19.7. The fraction of sp³-hybridized carbons (Fsp3) is 0.526. The van der Waals surface area contributed by atoms with Crippen LogP contribution < -0.4 is 0 Å². The number of hydrogen-bond donors (Lipinski definition) is 1. The van der Waals surface area contributed by atoms with Crippen molar-refractivity contribution in [3.63, 3.8) is 0 Å². The van der Waals surface area contributed by atoms with Gasteiger partial charge in [0.05, 0.1) is 6.54 Å². The Morgan fingerprint density at radius 2 is 2.04 bits per heavy atom. The number of nitrogens with zero attached hydrogens (tertiary/aromatic N) is 4. The van der Waals surface area contributed by atoms with Gasteiger partial charge in [-0.25, -0.2) is 0 Å². The number of piperidine rings is 1. The topological polar surface area (TPSA) is 82.7 Å². The van der Waals surface area contributed by atoms with Gasteiger partial charge in [-0.05, 0) is 45.9 Å². The lowest BCUT2D eigenvalue weighted by Crippen LogP contribution is -2.45. The van der Waals surface area contributed by atoms with Crippen LogP contribution in [0.2, 0.25) is 0 Å². The van der Waals surface area contributed by atoms with E-state index in [1.165, 1.54) is 0 Å². The number of rotatable bonds is 8. The summed E-state index contributed by atoms with van der Waals surface area (Å²) in [6.07, 6.45) is 3.79. The van der Waals surface area contributed by atoms with Crippen molar-refractivity contribution < 1.29 is 14.4 Å². The first-order valence-corrected chi connectivity index (χ1v) is 9.14. The van der Waals surface area contributed by atoms with Crippen molar-refractivity contribution in [2.24, 2.45) is 0 Å². The number of aliphatic carboxylic acids is 1. The number of carboxylic acids is 1. The second kappa shape index (κ2) is 8.91. The lowest BCUT2D eigenvalue weighted by molar-refractivity contribution is -0.138. The van der Waals surface area contributed by atoms with Gasteiger partial charge in [-0.1, -0.05) is 35.5 Å². The maximum atomic E-state index is 10.8. The lowest BCUT2D eigenvalue weighted by atomic mass is 10.0. The molecule has 7 nitrogen and oxygen atoms in total. The van der Waals surface area contributed by atoms with Gasteiger partial charge in [0, 0.05) is 18.0 Å². The van der Waals surface area contributed by atoms with E-state index in [-0.39, 0.29) is 6.54 Å². The van der Waals surface area contributed by atoms with Gasteiger partial charge in [0.1, 0.15) is 0 Å². The number of likely N-dealkylation sites (tertiary alicyclic amines) is 1. The highest BCUT2D eigenvalue weighted by Crippen LogP contribution is 2.17. The predicted molar refractivity (Wildman–Crippen MR) is 97.8 cm³/mol. The molecule has 1 N–H and O–H groups in total. The smallest absolute Gasteiger partial charge is 0.317 e. The normalized spacial score (nSPS) is 16.2. The number of hydrogen-bond acceptors (Lipinski definition) is 6. The minimum absolute atomic E-state index is 0.117. The number of aryl methyl sites for hydroxylation is 1. The van der Waals surface area contributed by atoms with Gasteiger partial charge in [0.15, 0.2) is 0 Å². The molecule has 7 heteroatoms. The van der Waals surface area contributed by atoms with Crippen molar-refractivity contribution in [1.82, 2.24) is 19.9 Å². The highest BCUT2D eigenvalue weighted by atomic mass is 16.5. The van der Waals surface area contributed by atoms with Crippen LogP contribution in [-0.2, 0) is 11.2 Å². The summed E-state index contributed by atoms with van der Waals surface area (Å²) in [5, 5.41) is 12.9. The average Bonchev–Trinajstić information content (AvgIpc) is 3.11. The van der Waals surface area contributed by atoms with Crippen molar-refractivity contribution in [3.8, 4) is 11.4 Å². The fourth-order valence-corrected chi connectivity index (χ4v) is 3.44. The largest absolute Gasteiger partial charge is 0.480 e. The van der Waals surface area contributed by atoms with Crippen LogP contribution in [-0.4, -0.2) is 70.3 Å². The molecule has 0 atom stereocenters. The summed E-state index contributed by atoms with van der Waals surface area (Å²) in [7, 11) is 1.90. The Kier molecular flexibility index (Phi) is 6.35. The Labute approximate surface area is 153 Å². The molecule has 1 aromatic carbocycles. The molecule has 140 valence electrons. The van der Waals surface area contributed by atoms with Gasteiger partial charge in [-0.15, -0.1) is 0 Å². The Morgan fingerprint density at radius 3 is 2.73 bits per heavy atom. The minimum Gasteiger partial charge on any atom is -0.480 e. The van der Waals surface area contributed by atoms with E-state index in [0.717, 1.165) is 50.9 Å². The second-order valence-electron chi connectivity index (χ2n) is 6.86. The third kappa shape index (κ3) is 5.12. The van der Waals surface area contributed by atoms with Crippen LogP contribution in [0.25, 0.3) is 11.4 Å². The van der Waals surface area contributed by atoms with E-state index in [9.17, 15) is 4.79 Å². The first-order chi connectivity index (χ1) is 12.6. The average molecular weight is 358 g/mol. The zero-order valence-electron chi connectivity index (χ0n) is 15.2. The van der Waals surface area contributed by atoms with Crippen LogP contribution in [0.15, 0.2) is 34.9 Å². The molecule has 26 heavy (non-hydrogen) atoms. The van der Waals surface area contributed by atoms with Crippen molar-refractivity contribution >= 4 is 5.97 Å². The standard InChI is InChI=1S/C19H26N4O3/c1-22(14-18(24)25)16-9-12-23(13-10-16)11-5-8-17-20-19(21-26-17)15-6-3-2-4-7-15/h2-4,6-7,16H,5,8-14H2,1H3,(H,24,25). The van der Waals surface area contributed by atoms with Crippen LogP contribution >= 0.6 is 0 Å². The lowest BCUT2D eigenvalue weighted by Gasteiger charge is -2.36. The summed E-state index contributed by atoms with van der Waals surface area (Å²) in [5.41, 5.74) is 0.968. The van der Waals surface area contributed by atoms with E-state index >= 15 is 0 Å². The van der Waals surface area contributed by atoms with E-state index in [1.54, 1.807) is 0 Å². The SMILES string of the molecule is CN(CC(=O)O)C1CCN(CCCc2nc(-c3ccccc3)no2)CC1. The van der Waals surface area contributed by atoms with Crippen LogP contribution in [0.4, 0.5) is 0 Å². The molecular weight excluding hydrogens is 332 g/mol. The van der Waals surface area contributed by atoms with Gasteiger partial charge in [0.25, 0.3) is 0 Å². The van der Waals surface area contributed by atoms with E-state index in [4.69, 9.17) is 9.63 Å². The van der Waals surface area contributed by atoms with Gasteiger partial charge in [-0.3, -0.25) is 9.69 Å². The fourth-order valence-electron chi connectivity index (χ4n) is 3.44. The number of benzene rings is 1. The van der Waals surface area contributed by atoms with Crippen molar-refractivity contribution in [2.75, 3.05) is 33.2 Å². The van der Waals surface area contributed by atoms with Gasteiger partial charge in [-0.2, -0.15) is 4.98 Å². The quantitative estimate of drug-likeness (QED) is 0.774. The molecule has 0 spiro atoms. The number of likely N-dealkylation sites (N-methyl/N-ethyl adjacent to an activating group) is 1. The molecule has 1 aromatic heterocycles. The monoisotopic (exact) mass is 358 g/mol. The Bertz CT molecular complexity index is 696. The molecule has 0 unspecified atom stereocenters. The molecule has 0 saturated carbocycles. The van der Waals surface area contributed by atoms with Gasteiger partial charge >= 0.3 is 5.97 Å². The van der Waals surface area contributed by atoms with Crippen molar-refractivity contribution in [3.05, 3.63) is 36.2 Å². The summed E-state index contributed by atoms with van der Waals surface area (Å²) in [5.74, 6) is 0.562. The number of carbonyl (C=O) groups is 1. The first kappa shape index (κ1) is 18.5. The zero-order chi connectivity index (χ0) is 18.4. The van der Waals surface area contributed by atoms with Crippen LogP contribution in [0.5, 0.6) is 0 Å². The molecule has 0 bridgehead atoms. The zero-order valence-corrected chi connectivity index (χ0v) is 15.2. The van der Waals surface area contributed by atoms with Crippen LogP contribution in [0, 0.1) is 0 Å². The molecule has 0 radical (unpaired) electrons. The Balaban J connectivity index is 1.38. The highest BCUT2D eigenvalue weighted by Gasteiger charge is 2.23. The second-order valence-corrected chi connectivity index (χ2v) is 6.86. The summed E-state index contributed by atoms with van der Waals surface area (Å²) in [6, 6.07) is 10.2.